The van der Waals surface area contributed by atoms with Crippen LogP contribution in [0.1, 0.15) is 30.5 Å². The Kier molecular flexibility index (Phi) is 5.05. The first kappa shape index (κ1) is 14.2. The lowest BCUT2D eigenvalue weighted by Crippen LogP contribution is -2.23. The van der Waals surface area contributed by atoms with Gasteiger partial charge in [-0.1, -0.05) is 22.9 Å². The van der Waals surface area contributed by atoms with E-state index in [0.29, 0.717) is 0 Å². The monoisotopic (exact) mass is 323 g/mol. The van der Waals surface area contributed by atoms with Crippen molar-refractivity contribution in [1.29, 1.82) is 0 Å². The van der Waals surface area contributed by atoms with Crippen molar-refractivity contribution in [2.24, 2.45) is 0 Å². The standard InChI is InChI=1S/C15H18BrNO2/c1-3-7-17-15(11-6-8-19-10-11)13-9-12(18-2)4-5-14(13)16/h4-6,8-10,15,17H,3,7H2,1-2H3. The molecular formula is C15H18BrNO2. The number of ether oxygens (including phenoxy) is 1. The predicted octanol–water partition coefficient (Wildman–Crippen LogP) is 4.14. The van der Waals surface area contributed by atoms with Crippen molar-refractivity contribution in [2.75, 3.05) is 13.7 Å². The van der Waals surface area contributed by atoms with E-state index in [1.165, 1.54) is 0 Å². The summed E-state index contributed by atoms with van der Waals surface area (Å²) < 4.78 is 11.6. The summed E-state index contributed by atoms with van der Waals surface area (Å²) in [6.07, 6.45) is 4.55. The van der Waals surface area contributed by atoms with Crippen LogP contribution in [0.4, 0.5) is 0 Å². The Morgan fingerprint density at radius 2 is 2.21 bits per heavy atom. The highest BCUT2D eigenvalue weighted by Crippen LogP contribution is 2.31. The molecule has 1 unspecified atom stereocenters. The van der Waals surface area contributed by atoms with Crippen LogP contribution in [0.25, 0.3) is 0 Å². The van der Waals surface area contributed by atoms with E-state index < -0.39 is 0 Å². The molecule has 0 spiro atoms. The van der Waals surface area contributed by atoms with Crippen molar-refractivity contribution in [3.63, 3.8) is 0 Å². The molecule has 19 heavy (non-hydrogen) atoms. The Morgan fingerprint density at radius 3 is 2.84 bits per heavy atom. The van der Waals surface area contributed by atoms with Crippen LogP contribution in [0.15, 0.2) is 45.7 Å². The molecule has 1 heterocycles. The molecular weight excluding hydrogens is 306 g/mol. The van der Waals surface area contributed by atoms with Crippen LogP contribution in [-0.2, 0) is 0 Å². The SMILES string of the molecule is CCCNC(c1ccoc1)c1cc(OC)ccc1Br. The molecule has 0 aliphatic heterocycles. The largest absolute Gasteiger partial charge is 0.497 e. The highest BCUT2D eigenvalue weighted by molar-refractivity contribution is 9.10. The number of furan rings is 1. The zero-order valence-corrected chi connectivity index (χ0v) is 12.7. The van der Waals surface area contributed by atoms with Crippen molar-refractivity contribution in [1.82, 2.24) is 5.32 Å². The number of benzene rings is 1. The normalized spacial score (nSPS) is 12.4. The van der Waals surface area contributed by atoms with Crippen LogP contribution in [0.3, 0.4) is 0 Å². The molecule has 0 radical (unpaired) electrons. The van der Waals surface area contributed by atoms with Gasteiger partial charge in [-0.15, -0.1) is 0 Å². The van der Waals surface area contributed by atoms with Crippen molar-refractivity contribution in [2.45, 2.75) is 19.4 Å². The fourth-order valence-corrected chi connectivity index (χ4v) is 2.48. The topological polar surface area (TPSA) is 34.4 Å². The third kappa shape index (κ3) is 3.39. The van der Waals surface area contributed by atoms with E-state index in [9.17, 15) is 0 Å². The molecule has 0 aliphatic rings. The highest BCUT2D eigenvalue weighted by atomic mass is 79.9. The Bertz CT molecular complexity index is 511. The highest BCUT2D eigenvalue weighted by Gasteiger charge is 2.18. The Morgan fingerprint density at radius 1 is 1.37 bits per heavy atom. The van der Waals surface area contributed by atoms with Crippen LogP contribution in [0.2, 0.25) is 0 Å². The van der Waals surface area contributed by atoms with Crippen LogP contribution in [0, 0.1) is 0 Å². The van der Waals surface area contributed by atoms with E-state index in [4.69, 9.17) is 9.15 Å². The average molecular weight is 324 g/mol. The quantitative estimate of drug-likeness (QED) is 0.867. The van der Waals surface area contributed by atoms with Gasteiger partial charge in [0.1, 0.15) is 5.75 Å². The molecule has 0 amide bonds. The van der Waals surface area contributed by atoms with Crippen LogP contribution in [-0.4, -0.2) is 13.7 Å². The minimum atomic E-state index is 0.100. The van der Waals surface area contributed by atoms with Gasteiger partial charge in [-0.3, -0.25) is 0 Å². The molecule has 1 atom stereocenters. The lowest BCUT2D eigenvalue weighted by atomic mass is 10.0. The smallest absolute Gasteiger partial charge is 0.119 e. The molecule has 1 N–H and O–H groups in total. The summed E-state index contributed by atoms with van der Waals surface area (Å²) in [4.78, 5) is 0. The number of methoxy groups -OCH3 is 1. The van der Waals surface area contributed by atoms with E-state index in [2.05, 4.69) is 28.2 Å². The second-order valence-corrected chi connectivity index (χ2v) is 5.19. The summed E-state index contributed by atoms with van der Waals surface area (Å²) in [5.74, 6) is 0.852. The van der Waals surface area contributed by atoms with Crippen LogP contribution >= 0.6 is 15.9 Å². The molecule has 0 saturated carbocycles. The summed E-state index contributed by atoms with van der Waals surface area (Å²) in [5, 5.41) is 3.53. The van der Waals surface area contributed by atoms with Gasteiger partial charge >= 0.3 is 0 Å². The van der Waals surface area contributed by atoms with Gasteiger partial charge in [0.25, 0.3) is 0 Å². The van der Waals surface area contributed by atoms with Gasteiger partial charge < -0.3 is 14.5 Å². The van der Waals surface area contributed by atoms with E-state index in [-0.39, 0.29) is 6.04 Å². The van der Waals surface area contributed by atoms with E-state index in [0.717, 1.165) is 34.3 Å². The fourth-order valence-electron chi connectivity index (χ4n) is 2.01. The molecule has 2 rings (SSSR count). The average Bonchev–Trinajstić information content (AvgIpc) is 2.95. The van der Waals surface area contributed by atoms with Gasteiger partial charge in [0, 0.05) is 10.0 Å². The molecule has 1 aromatic carbocycles. The summed E-state index contributed by atoms with van der Waals surface area (Å²) in [6, 6.07) is 8.08. The van der Waals surface area contributed by atoms with Crippen molar-refractivity contribution in [3.8, 4) is 5.75 Å². The van der Waals surface area contributed by atoms with E-state index in [1.807, 2.05) is 24.3 Å². The van der Waals surface area contributed by atoms with Crippen LogP contribution in [0.5, 0.6) is 5.75 Å². The Hall–Kier alpha value is -1.26. The molecule has 0 bridgehead atoms. The molecule has 0 fully saturated rings. The second kappa shape index (κ2) is 6.78. The maximum atomic E-state index is 5.31. The summed E-state index contributed by atoms with van der Waals surface area (Å²) in [5.41, 5.74) is 2.26. The molecule has 3 nitrogen and oxygen atoms in total. The molecule has 4 heteroatoms. The second-order valence-electron chi connectivity index (χ2n) is 4.33. The summed E-state index contributed by atoms with van der Waals surface area (Å²) >= 11 is 3.61. The third-order valence-corrected chi connectivity index (χ3v) is 3.71. The predicted molar refractivity (Wildman–Crippen MR) is 79.5 cm³/mol. The Balaban J connectivity index is 2.37. The Labute approximate surface area is 122 Å². The molecule has 2 aromatic rings. The van der Waals surface area contributed by atoms with Gasteiger partial charge in [-0.2, -0.15) is 0 Å². The first-order chi connectivity index (χ1) is 9.26. The number of hydrogen-bond donors (Lipinski definition) is 1. The van der Waals surface area contributed by atoms with Gasteiger partial charge in [0.15, 0.2) is 0 Å². The van der Waals surface area contributed by atoms with Gasteiger partial charge in [0.05, 0.1) is 25.7 Å². The molecule has 0 aliphatic carbocycles. The van der Waals surface area contributed by atoms with Crippen molar-refractivity contribution < 1.29 is 9.15 Å². The molecule has 102 valence electrons. The van der Waals surface area contributed by atoms with Gasteiger partial charge in [-0.25, -0.2) is 0 Å². The number of nitrogens with one attached hydrogen (secondary N) is 1. The van der Waals surface area contributed by atoms with E-state index >= 15 is 0 Å². The number of halogens is 1. The summed E-state index contributed by atoms with van der Waals surface area (Å²) in [7, 11) is 1.68. The first-order valence-corrected chi connectivity index (χ1v) is 7.14. The lowest BCUT2D eigenvalue weighted by Gasteiger charge is -2.19. The lowest BCUT2D eigenvalue weighted by molar-refractivity contribution is 0.413. The van der Waals surface area contributed by atoms with Gasteiger partial charge in [-0.05, 0) is 42.8 Å². The summed E-state index contributed by atoms with van der Waals surface area (Å²) in [6.45, 7) is 3.10. The first-order valence-electron chi connectivity index (χ1n) is 6.35. The minimum Gasteiger partial charge on any atom is -0.497 e. The number of rotatable bonds is 6. The maximum Gasteiger partial charge on any atom is 0.119 e. The van der Waals surface area contributed by atoms with Crippen molar-refractivity contribution in [3.05, 3.63) is 52.4 Å². The van der Waals surface area contributed by atoms with Gasteiger partial charge in [0.2, 0.25) is 0 Å². The minimum absolute atomic E-state index is 0.100. The number of hydrogen-bond acceptors (Lipinski definition) is 3. The maximum absolute atomic E-state index is 5.31. The van der Waals surface area contributed by atoms with E-state index in [1.54, 1.807) is 19.6 Å². The zero-order chi connectivity index (χ0) is 13.7. The van der Waals surface area contributed by atoms with Crippen molar-refractivity contribution >= 4 is 15.9 Å². The zero-order valence-electron chi connectivity index (χ0n) is 11.2. The van der Waals surface area contributed by atoms with Crippen LogP contribution < -0.4 is 10.1 Å². The molecule has 0 saturated heterocycles. The fraction of sp³-hybridized carbons (Fsp3) is 0.333. The molecule has 1 aromatic heterocycles. The third-order valence-electron chi connectivity index (χ3n) is 2.99.